The maximum atomic E-state index is 13.1. The quantitative estimate of drug-likeness (QED) is 0.845. The van der Waals surface area contributed by atoms with Gasteiger partial charge in [-0.25, -0.2) is 4.39 Å². The predicted molar refractivity (Wildman–Crippen MR) is 61.8 cm³/mol. The van der Waals surface area contributed by atoms with Crippen LogP contribution in [-0.4, -0.2) is 19.8 Å². The molecule has 0 radical (unpaired) electrons. The summed E-state index contributed by atoms with van der Waals surface area (Å²) in [6.07, 6.45) is 1.13. The smallest absolute Gasteiger partial charge is 0.123 e. The van der Waals surface area contributed by atoms with Gasteiger partial charge in [-0.15, -0.1) is 0 Å². The van der Waals surface area contributed by atoms with Crippen LogP contribution in [0.3, 0.4) is 0 Å². The van der Waals surface area contributed by atoms with Crippen molar-refractivity contribution in [2.75, 3.05) is 19.8 Å². The molecule has 1 heterocycles. The number of hydrogen-bond acceptors (Lipinski definition) is 2. The predicted octanol–water partition coefficient (Wildman–Crippen LogP) is 2.26. The Labute approximate surface area is 95.8 Å². The molecule has 1 N–H and O–H groups in total. The highest BCUT2D eigenvalue weighted by Gasteiger charge is 2.14. The molecule has 1 atom stereocenters. The van der Waals surface area contributed by atoms with Crippen LogP contribution in [0.1, 0.15) is 17.5 Å². The van der Waals surface area contributed by atoms with Crippen LogP contribution in [0.2, 0.25) is 0 Å². The molecule has 16 heavy (non-hydrogen) atoms. The zero-order valence-electron chi connectivity index (χ0n) is 9.63. The molecule has 0 spiro atoms. The first-order valence-electron chi connectivity index (χ1n) is 5.78. The van der Waals surface area contributed by atoms with E-state index >= 15 is 0 Å². The minimum Gasteiger partial charge on any atom is -0.381 e. The highest BCUT2D eigenvalue weighted by atomic mass is 19.1. The van der Waals surface area contributed by atoms with Gasteiger partial charge in [0.05, 0.1) is 6.61 Å². The third-order valence-electron chi connectivity index (χ3n) is 2.89. The maximum Gasteiger partial charge on any atom is 0.123 e. The largest absolute Gasteiger partial charge is 0.381 e. The van der Waals surface area contributed by atoms with Crippen LogP contribution in [0.5, 0.6) is 0 Å². The lowest BCUT2D eigenvalue weighted by Crippen LogP contribution is -2.22. The fraction of sp³-hybridized carbons (Fsp3) is 0.538. The van der Waals surface area contributed by atoms with Gasteiger partial charge in [0.15, 0.2) is 0 Å². The Balaban J connectivity index is 1.80. The first-order chi connectivity index (χ1) is 7.74. The molecular formula is C13H18FNO. The minimum atomic E-state index is -0.152. The lowest BCUT2D eigenvalue weighted by molar-refractivity contribution is 0.185. The van der Waals surface area contributed by atoms with E-state index in [0.717, 1.165) is 43.9 Å². The Morgan fingerprint density at radius 2 is 2.31 bits per heavy atom. The number of nitrogens with one attached hydrogen (secondary N) is 1. The molecule has 3 heteroatoms. The normalized spacial score (nSPS) is 20.2. The Kier molecular flexibility index (Phi) is 3.91. The van der Waals surface area contributed by atoms with E-state index in [1.165, 1.54) is 0 Å². The summed E-state index contributed by atoms with van der Waals surface area (Å²) in [6, 6.07) is 5.15. The number of hydrogen-bond donors (Lipinski definition) is 1. The van der Waals surface area contributed by atoms with E-state index < -0.39 is 0 Å². The standard InChI is InChI=1S/C13H18FNO/c1-10-4-12(6-13(14)5-10)8-15-7-11-2-3-16-9-11/h4-6,11,15H,2-3,7-9H2,1H3. The number of ether oxygens (including phenoxy) is 1. The molecule has 0 bridgehead atoms. The van der Waals surface area contributed by atoms with Crippen molar-refractivity contribution in [3.63, 3.8) is 0 Å². The van der Waals surface area contributed by atoms with Crippen molar-refractivity contribution in [1.29, 1.82) is 0 Å². The van der Waals surface area contributed by atoms with Crippen molar-refractivity contribution in [3.8, 4) is 0 Å². The van der Waals surface area contributed by atoms with Crippen LogP contribution in [0, 0.1) is 18.7 Å². The Morgan fingerprint density at radius 3 is 3.00 bits per heavy atom. The molecule has 1 saturated heterocycles. The first-order valence-corrected chi connectivity index (χ1v) is 5.78. The van der Waals surface area contributed by atoms with Gasteiger partial charge in [0.2, 0.25) is 0 Å². The van der Waals surface area contributed by atoms with Crippen molar-refractivity contribution in [2.45, 2.75) is 19.9 Å². The van der Waals surface area contributed by atoms with E-state index in [2.05, 4.69) is 5.32 Å². The third kappa shape index (κ3) is 3.29. The second-order valence-electron chi connectivity index (χ2n) is 4.50. The summed E-state index contributed by atoms with van der Waals surface area (Å²) in [5.74, 6) is 0.468. The van der Waals surface area contributed by atoms with Crippen LogP contribution in [0.15, 0.2) is 18.2 Å². The number of aryl methyl sites for hydroxylation is 1. The average molecular weight is 223 g/mol. The van der Waals surface area contributed by atoms with Crippen molar-refractivity contribution in [3.05, 3.63) is 35.1 Å². The summed E-state index contributed by atoms with van der Waals surface area (Å²) in [6.45, 7) is 5.34. The fourth-order valence-corrected chi connectivity index (χ4v) is 2.08. The summed E-state index contributed by atoms with van der Waals surface area (Å²) in [5.41, 5.74) is 1.98. The number of benzene rings is 1. The van der Waals surface area contributed by atoms with Gasteiger partial charge < -0.3 is 10.1 Å². The summed E-state index contributed by atoms with van der Waals surface area (Å²) in [4.78, 5) is 0. The fourth-order valence-electron chi connectivity index (χ4n) is 2.08. The molecule has 1 aliphatic rings. The second-order valence-corrected chi connectivity index (χ2v) is 4.50. The SMILES string of the molecule is Cc1cc(F)cc(CNCC2CCOC2)c1. The molecule has 2 rings (SSSR count). The summed E-state index contributed by atoms with van der Waals surface area (Å²) in [7, 11) is 0. The summed E-state index contributed by atoms with van der Waals surface area (Å²) in [5, 5.41) is 3.35. The molecule has 1 aliphatic heterocycles. The third-order valence-corrected chi connectivity index (χ3v) is 2.89. The molecule has 1 aromatic carbocycles. The van der Waals surface area contributed by atoms with E-state index in [9.17, 15) is 4.39 Å². The van der Waals surface area contributed by atoms with Crippen molar-refractivity contribution in [1.82, 2.24) is 5.32 Å². The molecule has 0 aromatic heterocycles. The van der Waals surface area contributed by atoms with Crippen molar-refractivity contribution >= 4 is 0 Å². The lowest BCUT2D eigenvalue weighted by atomic mass is 10.1. The van der Waals surface area contributed by atoms with Crippen LogP contribution in [0.4, 0.5) is 4.39 Å². The van der Waals surface area contributed by atoms with Crippen molar-refractivity contribution < 1.29 is 9.13 Å². The Hall–Kier alpha value is -0.930. The average Bonchev–Trinajstić information content (AvgIpc) is 2.69. The van der Waals surface area contributed by atoms with E-state index in [0.29, 0.717) is 5.92 Å². The van der Waals surface area contributed by atoms with Gasteiger partial charge in [0.1, 0.15) is 5.82 Å². The van der Waals surface area contributed by atoms with E-state index in [4.69, 9.17) is 4.74 Å². The van der Waals surface area contributed by atoms with Gasteiger partial charge in [-0.3, -0.25) is 0 Å². The van der Waals surface area contributed by atoms with E-state index in [1.54, 1.807) is 12.1 Å². The monoisotopic (exact) mass is 223 g/mol. The summed E-state index contributed by atoms with van der Waals surface area (Å²) < 4.78 is 18.4. The Bertz CT molecular complexity index is 328. The van der Waals surface area contributed by atoms with E-state index in [-0.39, 0.29) is 5.82 Å². The zero-order valence-corrected chi connectivity index (χ0v) is 9.63. The second kappa shape index (κ2) is 5.41. The van der Waals surface area contributed by atoms with Gasteiger partial charge in [-0.1, -0.05) is 6.07 Å². The number of halogens is 1. The van der Waals surface area contributed by atoms with Crippen LogP contribution >= 0.6 is 0 Å². The minimum absolute atomic E-state index is 0.152. The van der Waals surface area contributed by atoms with Gasteiger partial charge in [-0.2, -0.15) is 0 Å². The van der Waals surface area contributed by atoms with Gasteiger partial charge >= 0.3 is 0 Å². The Morgan fingerprint density at radius 1 is 1.44 bits per heavy atom. The lowest BCUT2D eigenvalue weighted by Gasteiger charge is -2.09. The topological polar surface area (TPSA) is 21.3 Å². The van der Waals surface area contributed by atoms with Gasteiger partial charge in [0, 0.05) is 19.7 Å². The molecule has 0 saturated carbocycles. The summed E-state index contributed by atoms with van der Waals surface area (Å²) >= 11 is 0. The molecule has 2 nitrogen and oxygen atoms in total. The molecule has 1 fully saturated rings. The molecule has 0 aliphatic carbocycles. The highest BCUT2D eigenvalue weighted by molar-refractivity contribution is 5.23. The highest BCUT2D eigenvalue weighted by Crippen LogP contribution is 2.12. The van der Waals surface area contributed by atoms with Gasteiger partial charge in [0.25, 0.3) is 0 Å². The van der Waals surface area contributed by atoms with Crippen LogP contribution in [0.25, 0.3) is 0 Å². The van der Waals surface area contributed by atoms with Crippen LogP contribution < -0.4 is 5.32 Å². The van der Waals surface area contributed by atoms with Crippen LogP contribution in [-0.2, 0) is 11.3 Å². The molecule has 88 valence electrons. The zero-order chi connectivity index (χ0) is 11.4. The molecule has 1 aromatic rings. The molecular weight excluding hydrogens is 205 g/mol. The molecule has 0 amide bonds. The maximum absolute atomic E-state index is 13.1. The van der Waals surface area contributed by atoms with Crippen molar-refractivity contribution in [2.24, 2.45) is 5.92 Å². The number of rotatable bonds is 4. The van der Waals surface area contributed by atoms with E-state index in [1.807, 2.05) is 13.0 Å². The van der Waals surface area contributed by atoms with Gasteiger partial charge in [-0.05, 0) is 42.5 Å². The molecule has 1 unspecified atom stereocenters. The first kappa shape index (κ1) is 11.6.